The number of halogens is 2. The lowest BCUT2D eigenvalue weighted by Crippen LogP contribution is -2.11. The summed E-state index contributed by atoms with van der Waals surface area (Å²) < 4.78 is 29.8. The molecular formula is C11H10F2N2O2. The number of rotatable bonds is 3. The number of hydrogen-bond donors (Lipinski definition) is 0. The van der Waals surface area contributed by atoms with E-state index in [1.807, 2.05) is 6.07 Å². The normalized spacial score (nSPS) is 10.1. The molecule has 90 valence electrons. The molecule has 1 aromatic heterocycles. The van der Waals surface area contributed by atoms with Crippen LogP contribution in [0.25, 0.3) is 0 Å². The maximum absolute atomic E-state index is 12.7. The quantitative estimate of drug-likeness (QED) is 0.757. The average molecular weight is 240 g/mol. The lowest BCUT2D eigenvalue weighted by atomic mass is 10.0. The zero-order chi connectivity index (χ0) is 13.0. The van der Waals surface area contributed by atoms with Gasteiger partial charge in [0.1, 0.15) is 11.8 Å². The van der Waals surface area contributed by atoms with Crippen molar-refractivity contribution in [1.29, 1.82) is 5.26 Å². The van der Waals surface area contributed by atoms with Crippen molar-refractivity contribution in [1.82, 2.24) is 4.98 Å². The minimum Gasteiger partial charge on any atom is -0.469 e. The van der Waals surface area contributed by atoms with Gasteiger partial charge in [0, 0.05) is 6.20 Å². The molecule has 0 aliphatic rings. The molecule has 4 nitrogen and oxygen atoms in total. The summed E-state index contributed by atoms with van der Waals surface area (Å²) in [7, 11) is 1.17. The van der Waals surface area contributed by atoms with Crippen LogP contribution in [0.4, 0.5) is 8.78 Å². The number of nitrogens with zero attached hydrogens (tertiary/aromatic N) is 2. The SMILES string of the molecule is COC(=O)Cc1c(C(F)F)ncc(C#N)c1C. The van der Waals surface area contributed by atoms with Gasteiger partial charge in [-0.1, -0.05) is 0 Å². The van der Waals surface area contributed by atoms with Gasteiger partial charge in [-0.05, 0) is 18.1 Å². The minimum atomic E-state index is -2.79. The van der Waals surface area contributed by atoms with Crippen LogP contribution >= 0.6 is 0 Å². The van der Waals surface area contributed by atoms with Crippen molar-refractivity contribution in [2.75, 3.05) is 7.11 Å². The number of pyridine rings is 1. The topological polar surface area (TPSA) is 63.0 Å². The third-order valence-electron chi connectivity index (χ3n) is 2.37. The van der Waals surface area contributed by atoms with E-state index in [1.54, 1.807) is 0 Å². The standard InChI is InChI=1S/C11H10F2N2O2/c1-6-7(4-14)5-15-10(11(12)13)8(6)3-9(16)17-2/h5,11H,3H2,1-2H3. The van der Waals surface area contributed by atoms with Crippen molar-refractivity contribution >= 4 is 5.97 Å². The Morgan fingerprint density at radius 3 is 2.76 bits per heavy atom. The van der Waals surface area contributed by atoms with Gasteiger partial charge in [-0.15, -0.1) is 0 Å². The summed E-state index contributed by atoms with van der Waals surface area (Å²) in [5, 5.41) is 8.77. The molecular weight excluding hydrogens is 230 g/mol. The van der Waals surface area contributed by atoms with Crippen LogP contribution in [0.15, 0.2) is 6.20 Å². The van der Waals surface area contributed by atoms with Crippen molar-refractivity contribution < 1.29 is 18.3 Å². The summed E-state index contributed by atoms with van der Waals surface area (Å²) in [6, 6.07) is 1.83. The first kappa shape index (κ1) is 13.0. The molecule has 0 amide bonds. The van der Waals surface area contributed by atoms with E-state index in [9.17, 15) is 13.6 Å². The number of nitriles is 1. The molecule has 0 unspecified atom stereocenters. The Labute approximate surface area is 96.8 Å². The van der Waals surface area contributed by atoms with E-state index in [0.29, 0.717) is 5.56 Å². The number of esters is 1. The van der Waals surface area contributed by atoms with Crippen LogP contribution in [0.5, 0.6) is 0 Å². The van der Waals surface area contributed by atoms with E-state index in [2.05, 4.69) is 9.72 Å². The first-order valence-corrected chi connectivity index (χ1v) is 4.74. The molecule has 1 aromatic rings. The lowest BCUT2D eigenvalue weighted by Gasteiger charge is -2.11. The fourth-order valence-corrected chi connectivity index (χ4v) is 1.40. The third kappa shape index (κ3) is 2.75. The zero-order valence-corrected chi connectivity index (χ0v) is 9.33. The molecule has 1 heterocycles. The van der Waals surface area contributed by atoms with E-state index in [4.69, 9.17) is 5.26 Å². The predicted octanol–water partition coefficient (Wildman–Crippen LogP) is 1.91. The molecule has 0 aliphatic carbocycles. The van der Waals surface area contributed by atoms with Gasteiger partial charge in [0.15, 0.2) is 0 Å². The van der Waals surface area contributed by atoms with E-state index in [-0.39, 0.29) is 17.5 Å². The molecule has 0 saturated carbocycles. The molecule has 0 fully saturated rings. The Morgan fingerprint density at radius 1 is 1.65 bits per heavy atom. The Hall–Kier alpha value is -2.03. The highest BCUT2D eigenvalue weighted by Gasteiger charge is 2.21. The van der Waals surface area contributed by atoms with Crippen LogP contribution in [0.2, 0.25) is 0 Å². The molecule has 0 N–H and O–H groups in total. The molecule has 0 radical (unpaired) electrons. The van der Waals surface area contributed by atoms with Gasteiger partial charge >= 0.3 is 5.97 Å². The van der Waals surface area contributed by atoms with Crippen LogP contribution in [-0.4, -0.2) is 18.1 Å². The monoisotopic (exact) mass is 240 g/mol. The van der Waals surface area contributed by atoms with Crippen LogP contribution in [0.3, 0.4) is 0 Å². The highest BCUT2D eigenvalue weighted by Crippen LogP contribution is 2.25. The largest absolute Gasteiger partial charge is 0.469 e. The molecule has 0 atom stereocenters. The number of aromatic nitrogens is 1. The lowest BCUT2D eigenvalue weighted by molar-refractivity contribution is -0.139. The minimum absolute atomic E-state index is 0.0610. The number of methoxy groups -OCH3 is 1. The number of alkyl halides is 2. The summed E-state index contributed by atoms with van der Waals surface area (Å²) >= 11 is 0. The van der Waals surface area contributed by atoms with Gasteiger partial charge in [0.25, 0.3) is 6.43 Å². The smallest absolute Gasteiger partial charge is 0.310 e. The molecule has 17 heavy (non-hydrogen) atoms. The number of carbonyl (C=O) groups excluding carboxylic acids is 1. The van der Waals surface area contributed by atoms with Gasteiger partial charge in [-0.3, -0.25) is 9.78 Å². The second-order valence-corrected chi connectivity index (χ2v) is 3.33. The van der Waals surface area contributed by atoms with Crippen molar-refractivity contribution in [3.8, 4) is 6.07 Å². The summed E-state index contributed by atoms with van der Waals surface area (Å²) in [6.45, 7) is 1.50. The average Bonchev–Trinajstić information content (AvgIpc) is 2.30. The summed E-state index contributed by atoms with van der Waals surface area (Å²) in [6.07, 6.45) is -2.02. The number of ether oxygens (including phenoxy) is 1. The molecule has 6 heteroatoms. The van der Waals surface area contributed by atoms with E-state index in [0.717, 1.165) is 6.20 Å². The summed E-state index contributed by atoms with van der Waals surface area (Å²) in [5.74, 6) is -0.646. The first-order valence-electron chi connectivity index (χ1n) is 4.74. The van der Waals surface area contributed by atoms with Gasteiger partial charge in [0.2, 0.25) is 0 Å². The summed E-state index contributed by atoms with van der Waals surface area (Å²) in [4.78, 5) is 14.6. The van der Waals surface area contributed by atoms with Gasteiger partial charge in [0.05, 0.1) is 19.1 Å². The van der Waals surface area contributed by atoms with Gasteiger partial charge < -0.3 is 4.74 Å². The van der Waals surface area contributed by atoms with Gasteiger partial charge in [-0.25, -0.2) is 8.78 Å². The molecule has 0 spiro atoms. The third-order valence-corrected chi connectivity index (χ3v) is 2.37. The Kier molecular flexibility index (Phi) is 4.10. The van der Waals surface area contributed by atoms with E-state index < -0.39 is 18.1 Å². The Morgan fingerprint density at radius 2 is 2.29 bits per heavy atom. The van der Waals surface area contributed by atoms with Crippen molar-refractivity contribution in [2.45, 2.75) is 19.8 Å². The Bertz CT molecular complexity index is 481. The molecule has 1 rings (SSSR count). The summed E-state index contributed by atoms with van der Waals surface area (Å²) in [5.41, 5.74) is 0.0919. The van der Waals surface area contributed by atoms with E-state index >= 15 is 0 Å². The second kappa shape index (κ2) is 5.34. The van der Waals surface area contributed by atoms with Crippen molar-refractivity contribution in [2.24, 2.45) is 0 Å². The van der Waals surface area contributed by atoms with Gasteiger partial charge in [-0.2, -0.15) is 5.26 Å². The first-order chi connectivity index (χ1) is 8.01. The van der Waals surface area contributed by atoms with Crippen LogP contribution < -0.4 is 0 Å². The highest BCUT2D eigenvalue weighted by molar-refractivity contribution is 5.73. The zero-order valence-electron chi connectivity index (χ0n) is 9.33. The van der Waals surface area contributed by atoms with Crippen LogP contribution in [0, 0.1) is 18.3 Å². The van der Waals surface area contributed by atoms with E-state index in [1.165, 1.54) is 14.0 Å². The maximum atomic E-state index is 12.7. The molecule has 0 aromatic carbocycles. The molecule has 0 saturated heterocycles. The fraction of sp³-hybridized carbons (Fsp3) is 0.364. The number of hydrogen-bond acceptors (Lipinski definition) is 4. The Balaban J connectivity index is 3.31. The maximum Gasteiger partial charge on any atom is 0.310 e. The second-order valence-electron chi connectivity index (χ2n) is 3.33. The molecule has 0 aliphatic heterocycles. The fourth-order valence-electron chi connectivity index (χ4n) is 1.40. The van der Waals surface area contributed by atoms with Crippen molar-refractivity contribution in [3.63, 3.8) is 0 Å². The predicted molar refractivity (Wildman–Crippen MR) is 54.4 cm³/mol. The van der Waals surface area contributed by atoms with Crippen LogP contribution in [0.1, 0.15) is 28.8 Å². The van der Waals surface area contributed by atoms with Crippen LogP contribution in [-0.2, 0) is 16.0 Å². The molecule has 0 bridgehead atoms. The highest BCUT2D eigenvalue weighted by atomic mass is 19.3. The van der Waals surface area contributed by atoms with Crippen molar-refractivity contribution in [3.05, 3.63) is 28.6 Å². The number of carbonyl (C=O) groups is 1.